The molecule has 3 atom stereocenters. The van der Waals surface area contributed by atoms with Crippen LogP contribution in [-0.4, -0.2) is 49.7 Å². The summed E-state index contributed by atoms with van der Waals surface area (Å²) in [6, 6.07) is 6.71. The number of hydrogen-bond acceptors (Lipinski definition) is 9. The van der Waals surface area contributed by atoms with Gasteiger partial charge in [-0.25, -0.2) is 9.59 Å². The SMILES string of the molecule is COc1cc(OC)c2c(c1Cl)O[C@@]1(C(=O)C3=C(C[C@H]1C)Nc1c(c(=O)n(C)c(=O)n1C)[C@@H]3c1ccc3c(c1)n(C)c(=O)n3C)C2=O. The van der Waals surface area contributed by atoms with Gasteiger partial charge in [0.25, 0.3) is 5.56 Å². The predicted molar refractivity (Wildman–Crippen MR) is 169 cm³/mol. The van der Waals surface area contributed by atoms with Crippen LogP contribution in [0, 0.1) is 5.92 Å². The molecule has 0 unspecified atom stereocenters. The number of carbonyl (C=O) groups is 2. The first-order chi connectivity index (χ1) is 21.8. The largest absolute Gasteiger partial charge is 0.496 e. The fourth-order valence-corrected chi connectivity index (χ4v) is 7.49. The van der Waals surface area contributed by atoms with Crippen LogP contribution in [-0.2, 0) is 33.0 Å². The molecular weight excluding hydrogens is 618 g/mol. The van der Waals surface area contributed by atoms with Crippen LogP contribution >= 0.6 is 11.6 Å². The molecule has 0 bridgehead atoms. The number of allylic oxidation sites excluding steroid dienone is 1. The van der Waals surface area contributed by atoms with Gasteiger partial charge in [-0.2, -0.15) is 0 Å². The minimum absolute atomic E-state index is 0.0197. The Morgan fingerprint density at radius 2 is 1.52 bits per heavy atom. The van der Waals surface area contributed by atoms with Crippen LogP contribution < -0.4 is 36.5 Å². The molecular formula is C32H30ClN5O8. The molecule has 0 amide bonds. The van der Waals surface area contributed by atoms with Crippen molar-refractivity contribution in [2.24, 2.45) is 34.1 Å². The number of nitrogens with one attached hydrogen (secondary N) is 1. The van der Waals surface area contributed by atoms with E-state index >= 15 is 4.79 Å². The van der Waals surface area contributed by atoms with E-state index in [-0.39, 0.29) is 56.9 Å². The first-order valence-corrected chi connectivity index (χ1v) is 14.9. The highest BCUT2D eigenvalue weighted by atomic mass is 35.5. The normalized spacial score (nSPS) is 21.7. The van der Waals surface area contributed by atoms with Crippen LogP contribution in [0.25, 0.3) is 11.0 Å². The van der Waals surface area contributed by atoms with Crippen LogP contribution in [0.15, 0.2) is 49.9 Å². The van der Waals surface area contributed by atoms with Gasteiger partial charge in [-0.15, -0.1) is 0 Å². The number of benzene rings is 2. The quantitative estimate of drug-likeness (QED) is 0.331. The van der Waals surface area contributed by atoms with Crippen LogP contribution in [0.3, 0.4) is 0 Å². The Morgan fingerprint density at radius 1 is 0.870 bits per heavy atom. The van der Waals surface area contributed by atoms with E-state index in [1.54, 1.807) is 39.2 Å². The summed E-state index contributed by atoms with van der Waals surface area (Å²) < 4.78 is 22.5. The number of ether oxygens (including phenoxy) is 3. The zero-order valence-electron chi connectivity index (χ0n) is 26.1. The molecule has 0 fully saturated rings. The zero-order chi connectivity index (χ0) is 33.1. The molecule has 14 heteroatoms. The van der Waals surface area contributed by atoms with Crippen LogP contribution in [0.4, 0.5) is 5.82 Å². The molecule has 0 saturated carbocycles. The standard InChI is InChI=1S/C32H30ClN5O8/c1-13-10-15-21(26(39)32(13)27(40)22-18(44-6)12-19(45-7)24(33)25(22)46-32)20(23-28(34-15)37(4)31(43)38(5)29(23)41)14-8-9-16-17(11-14)36(3)30(42)35(16)2/h8-9,11-13,20,34H,10H2,1-7H3/t13-,20-,32+/m1/s1. The second kappa shape index (κ2) is 9.73. The van der Waals surface area contributed by atoms with Gasteiger partial charge in [0.2, 0.25) is 17.2 Å². The van der Waals surface area contributed by atoms with Crippen molar-refractivity contribution >= 4 is 40.0 Å². The smallest absolute Gasteiger partial charge is 0.332 e. The number of anilines is 1. The fourth-order valence-electron chi connectivity index (χ4n) is 7.23. The molecule has 7 rings (SSSR count). The number of fused-ring (bicyclic) bond motifs is 3. The summed E-state index contributed by atoms with van der Waals surface area (Å²) in [6.07, 6.45) is 0.156. The molecule has 0 radical (unpaired) electrons. The Labute approximate surface area is 266 Å². The highest BCUT2D eigenvalue weighted by Gasteiger charge is 2.63. The first-order valence-electron chi connectivity index (χ1n) is 14.5. The molecule has 4 aromatic rings. The van der Waals surface area contributed by atoms with E-state index in [1.165, 1.54) is 48.1 Å². The average Bonchev–Trinajstić information content (AvgIpc) is 3.48. The topological polar surface area (TPSA) is 145 Å². The highest BCUT2D eigenvalue weighted by molar-refractivity contribution is 6.36. The molecule has 2 aliphatic heterocycles. The summed E-state index contributed by atoms with van der Waals surface area (Å²) in [6.45, 7) is 1.73. The van der Waals surface area contributed by atoms with E-state index < -0.39 is 40.3 Å². The third-order valence-electron chi connectivity index (χ3n) is 9.71. The summed E-state index contributed by atoms with van der Waals surface area (Å²) in [5.74, 6) is -2.44. The Balaban J connectivity index is 1.51. The van der Waals surface area contributed by atoms with E-state index in [2.05, 4.69) is 5.32 Å². The number of Topliss-reactive ketones (excluding diaryl/α,β-unsaturated/α-hetero) is 2. The van der Waals surface area contributed by atoms with Gasteiger partial charge in [-0.3, -0.25) is 32.7 Å². The summed E-state index contributed by atoms with van der Waals surface area (Å²) in [5.41, 5.74) is -0.944. The molecule has 1 spiro atoms. The lowest BCUT2D eigenvalue weighted by Crippen LogP contribution is -2.58. The molecule has 46 heavy (non-hydrogen) atoms. The highest BCUT2D eigenvalue weighted by Crippen LogP contribution is 2.56. The van der Waals surface area contributed by atoms with Gasteiger partial charge in [0.15, 0.2) is 5.75 Å². The second-order valence-electron chi connectivity index (χ2n) is 12.0. The van der Waals surface area contributed by atoms with Crippen molar-refractivity contribution in [2.75, 3.05) is 19.5 Å². The number of aryl methyl sites for hydroxylation is 2. The predicted octanol–water partition coefficient (Wildman–Crippen LogP) is 2.38. The van der Waals surface area contributed by atoms with Gasteiger partial charge in [0, 0.05) is 57.4 Å². The maximum Gasteiger partial charge on any atom is 0.332 e. The van der Waals surface area contributed by atoms with E-state index in [4.69, 9.17) is 25.8 Å². The molecule has 238 valence electrons. The van der Waals surface area contributed by atoms with E-state index in [9.17, 15) is 19.2 Å². The lowest BCUT2D eigenvalue weighted by molar-refractivity contribution is -0.130. The number of nitrogens with zero attached hydrogens (tertiary/aromatic N) is 4. The Bertz CT molecular complexity index is 2310. The van der Waals surface area contributed by atoms with Crippen molar-refractivity contribution in [1.29, 1.82) is 0 Å². The number of hydrogen-bond donors (Lipinski definition) is 1. The number of carbonyl (C=O) groups excluding carboxylic acids is 2. The molecule has 0 saturated heterocycles. The number of rotatable bonds is 3. The molecule has 13 nitrogen and oxygen atoms in total. The van der Waals surface area contributed by atoms with E-state index in [1.807, 2.05) is 0 Å². The van der Waals surface area contributed by atoms with Crippen molar-refractivity contribution < 1.29 is 23.8 Å². The van der Waals surface area contributed by atoms with Crippen molar-refractivity contribution in [3.8, 4) is 17.2 Å². The molecule has 3 aliphatic rings. The summed E-state index contributed by atoms with van der Waals surface area (Å²) in [7, 11) is 8.99. The van der Waals surface area contributed by atoms with Crippen molar-refractivity contribution in [1.82, 2.24) is 18.3 Å². The Hall–Kier alpha value is -5.04. The summed E-state index contributed by atoms with van der Waals surface area (Å²) in [5, 5.41) is 3.22. The number of imidazole rings is 1. The van der Waals surface area contributed by atoms with E-state index in [0.29, 0.717) is 22.3 Å². The maximum absolute atomic E-state index is 15.1. The van der Waals surface area contributed by atoms with Gasteiger partial charge < -0.3 is 19.5 Å². The number of ketones is 2. The monoisotopic (exact) mass is 647 g/mol. The first kappa shape index (κ1) is 29.7. The Kier molecular flexibility index (Phi) is 6.27. The van der Waals surface area contributed by atoms with Gasteiger partial charge in [-0.05, 0) is 24.1 Å². The lowest BCUT2D eigenvalue weighted by Gasteiger charge is -2.42. The molecule has 1 N–H and O–H groups in total. The third kappa shape index (κ3) is 3.48. The van der Waals surface area contributed by atoms with Crippen molar-refractivity contribution in [3.63, 3.8) is 0 Å². The van der Waals surface area contributed by atoms with Crippen LogP contribution in [0.1, 0.15) is 40.7 Å². The number of halogens is 1. The number of aromatic nitrogens is 4. The minimum Gasteiger partial charge on any atom is -0.496 e. The van der Waals surface area contributed by atoms with Crippen LogP contribution in [0.2, 0.25) is 5.02 Å². The molecule has 4 heterocycles. The number of methoxy groups -OCH3 is 2. The zero-order valence-corrected chi connectivity index (χ0v) is 26.9. The Morgan fingerprint density at radius 3 is 2.20 bits per heavy atom. The average molecular weight is 648 g/mol. The summed E-state index contributed by atoms with van der Waals surface area (Å²) >= 11 is 6.63. The molecule has 2 aromatic carbocycles. The van der Waals surface area contributed by atoms with Gasteiger partial charge in [0.05, 0.1) is 30.8 Å². The van der Waals surface area contributed by atoms with Gasteiger partial charge >= 0.3 is 11.4 Å². The second-order valence-corrected chi connectivity index (χ2v) is 12.3. The molecule has 2 aromatic heterocycles. The fraction of sp³-hybridized carbons (Fsp3) is 0.344. The summed E-state index contributed by atoms with van der Waals surface area (Å²) in [4.78, 5) is 69.3. The lowest BCUT2D eigenvalue weighted by atomic mass is 9.66. The maximum atomic E-state index is 15.1. The van der Waals surface area contributed by atoms with Gasteiger partial charge in [0.1, 0.15) is 27.9 Å². The molecule has 1 aliphatic carbocycles. The van der Waals surface area contributed by atoms with Crippen molar-refractivity contribution in [2.45, 2.75) is 24.9 Å². The van der Waals surface area contributed by atoms with Crippen LogP contribution in [0.5, 0.6) is 17.2 Å². The van der Waals surface area contributed by atoms with Crippen molar-refractivity contribution in [3.05, 3.63) is 88.6 Å². The third-order valence-corrected chi connectivity index (χ3v) is 10.1. The van der Waals surface area contributed by atoms with Gasteiger partial charge in [-0.1, -0.05) is 24.6 Å². The minimum atomic E-state index is -2.03. The van der Waals surface area contributed by atoms with E-state index in [0.717, 1.165) is 4.57 Å².